The van der Waals surface area contributed by atoms with E-state index in [4.69, 9.17) is 4.74 Å². The van der Waals surface area contributed by atoms with Crippen molar-refractivity contribution in [2.24, 2.45) is 11.8 Å². The zero-order valence-corrected chi connectivity index (χ0v) is 22.0. The molecule has 5 nitrogen and oxygen atoms in total. The maximum Gasteiger partial charge on any atom is 0.0957 e. The first-order chi connectivity index (χ1) is 17.1. The van der Waals surface area contributed by atoms with Crippen LogP contribution < -0.4 is 0 Å². The van der Waals surface area contributed by atoms with Crippen LogP contribution in [0.3, 0.4) is 0 Å². The molecule has 35 heavy (non-hydrogen) atoms. The number of nitrogens with zero attached hydrogens (tertiary/aromatic N) is 4. The van der Waals surface area contributed by atoms with E-state index in [0.29, 0.717) is 23.9 Å². The average molecular weight is 505 g/mol. The van der Waals surface area contributed by atoms with Gasteiger partial charge in [0.05, 0.1) is 47.0 Å². The molecule has 1 saturated carbocycles. The van der Waals surface area contributed by atoms with Crippen LogP contribution in [-0.4, -0.2) is 30.5 Å². The molecule has 2 fully saturated rings. The highest BCUT2D eigenvalue weighted by atomic mass is 32.2. The van der Waals surface area contributed by atoms with E-state index in [1.165, 1.54) is 48.2 Å². The van der Waals surface area contributed by atoms with Gasteiger partial charge in [0.25, 0.3) is 0 Å². The summed E-state index contributed by atoms with van der Waals surface area (Å²) < 4.78 is 11.9. The summed E-state index contributed by atoms with van der Waals surface area (Å²) in [6.07, 6.45) is 18.3. The fourth-order valence-electron chi connectivity index (χ4n) is 8.29. The molecule has 3 aromatic rings. The van der Waals surface area contributed by atoms with Gasteiger partial charge in [-0.25, -0.2) is 9.97 Å². The number of thioether (sulfide) groups is 1. The fraction of sp³-hybridized carbons (Fsp3) is 0.571. The van der Waals surface area contributed by atoms with Crippen LogP contribution in [0.4, 0.5) is 0 Å². The summed E-state index contributed by atoms with van der Waals surface area (Å²) in [5, 5.41) is 4.75. The number of aromatic nitrogens is 4. The highest BCUT2D eigenvalue weighted by molar-refractivity contribution is 8.03. The predicted octanol–water partition coefficient (Wildman–Crippen LogP) is 6.90. The molecular weight excluding hydrogens is 472 g/mol. The first-order valence-electron chi connectivity index (χ1n) is 13.2. The molecule has 1 saturated heterocycles. The van der Waals surface area contributed by atoms with Crippen molar-refractivity contribution >= 4 is 23.1 Å². The Morgan fingerprint density at radius 2 is 1.86 bits per heavy atom. The third-order valence-corrected chi connectivity index (χ3v) is 12.2. The Hall–Kier alpha value is -1.83. The molecule has 7 heterocycles. The molecule has 0 aromatic carbocycles. The summed E-state index contributed by atoms with van der Waals surface area (Å²) in [4.78, 5) is 10.7. The van der Waals surface area contributed by atoms with Gasteiger partial charge < -0.3 is 13.9 Å². The molecule has 5 aliphatic rings. The van der Waals surface area contributed by atoms with Gasteiger partial charge in [0, 0.05) is 40.4 Å². The molecule has 0 amide bonds. The number of rotatable bonds is 3. The largest absolute Gasteiger partial charge is 0.371 e. The monoisotopic (exact) mass is 504 g/mol. The number of hydrogen-bond acceptors (Lipinski definition) is 5. The Morgan fingerprint density at radius 3 is 2.74 bits per heavy atom. The van der Waals surface area contributed by atoms with E-state index in [1.54, 1.807) is 4.88 Å². The molecule has 182 valence electrons. The first-order valence-corrected chi connectivity index (χ1v) is 15.0. The number of ether oxygens (including phenoxy) is 1. The first kappa shape index (κ1) is 21.3. The van der Waals surface area contributed by atoms with Crippen LogP contribution in [0.1, 0.15) is 86.5 Å². The quantitative estimate of drug-likeness (QED) is 0.389. The molecule has 4 aliphatic heterocycles. The van der Waals surface area contributed by atoms with Gasteiger partial charge in [0.2, 0.25) is 0 Å². The van der Waals surface area contributed by atoms with Gasteiger partial charge in [-0.2, -0.15) is 0 Å². The van der Waals surface area contributed by atoms with Gasteiger partial charge in [-0.15, -0.1) is 23.1 Å². The van der Waals surface area contributed by atoms with Gasteiger partial charge in [-0.3, -0.25) is 0 Å². The van der Waals surface area contributed by atoms with Crippen LogP contribution in [0.25, 0.3) is 11.3 Å². The lowest BCUT2D eigenvalue weighted by Crippen LogP contribution is -2.42. The predicted molar refractivity (Wildman–Crippen MR) is 141 cm³/mol. The molecule has 8 rings (SSSR count). The van der Waals surface area contributed by atoms with Crippen molar-refractivity contribution in [2.45, 2.75) is 80.7 Å². The van der Waals surface area contributed by atoms with Crippen LogP contribution in [0.5, 0.6) is 0 Å². The zero-order valence-electron chi connectivity index (χ0n) is 20.4. The lowest BCUT2D eigenvalue weighted by Gasteiger charge is -2.44. The lowest BCUT2D eigenvalue weighted by molar-refractivity contribution is -0.0991. The average Bonchev–Trinajstić information content (AvgIpc) is 3.64. The molecular formula is C28H32N4OS2. The molecule has 0 N–H and O–H groups in total. The van der Waals surface area contributed by atoms with Crippen LogP contribution in [0.2, 0.25) is 0 Å². The van der Waals surface area contributed by atoms with Crippen molar-refractivity contribution in [1.82, 2.24) is 19.1 Å². The van der Waals surface area contributed by atoms with E-state index < -0.39 is 0 Å². The van der Waals surface area contributed by atoms with Crippen molar-refractivity contribution in [3.05, 3.63) is 58.0 Å². The standard InChI is InChI=1S/C28H32N4OS2/c1-27(20-14-34-25-23(20)22-13-30-15-31(22)24(25)17-5-3-4-6-17)11-18(7-9-33-27)26-28(2)19(8-10-35-28)21-12-29-16-32(21)26/h8,10,12-19,24,26H,3-7,9,11H2,1-2H3/t18?,19?,24?,26-,27?,28?/m0/s1. The second-order valence-electron chi connectivity index (χ2n) is 11.7. The second kappa shape index (κ2) is 7.36. The molecule has 3 aromatic heterocycles. The molecule has 5 unspecified atom stereocenters. The molecule has 1 aliphatic carbocycles. The van der Waals surface area contributed by atoms with Crippen LogP contribution in [0.15, 0.2) is 41.9 Å². The zero-order chi connectivity index (χ0) is 23.4. The summed E-state index contributed by atoms with van der Waals surface area (Å²) in [5.74, 6) is 1.75. The SMILES string of the molecule is CC1(c2csc3c2-c2cncn2C3C2CCCC2)CC([C@@H]2n3cncc3C3C=CSC32C)CCO1. The number of thiophene rings is 1. The van der Waals surface area contributed by atoms with Crippen molar-refractivity contribution in [2.75, 3.05) is 6.61 Å². The summed E-state index contributed by atoms with van der Waals surface area (Å²) in [6.45, 7) is 5.64. The fourth-order valence-corrected chi connectivity index (χ4v) is 11.0. The van der Waals surface area contributed by atoms with Gasteiger partial charge in [0.15, 0.2) is 0 Å². The second-order valence-corrected chi connectivity index (χ2v) is 14.0. The summed E-state index contributed by atoms with van der Waals surface area (Å²) in [5.41, 5.74) is 5.24. The maximum absolute atomic E-state index is 6.72. The van der Waals surface area contributed by atoms with Gasteiger partial charge in [-0.1, -0.05) is 18.9 Å². The highest BCUT2D eigenvalue weighted by Gasteiger charge is 2.56. The summed E-state index contributed by atoms with van der Waals surface area (Å²) in [7, 11) is 0. The van der Waals surface area contributed by atoms with E-state index in [2.05, 4.69) is 74.9 Å². The Kier molecular flexibility index (Phi) is 4.47. The van der Waals surface area contributed by atoms with Crippen molar-refractivity contribution < 1.29 is 4.74 Å². The minimum Gasteiger partial charge on any atom is -0.371 e. The van der Waals surface area contributed by atoms with Crippen LogP contribution in [-0.2, 0) is 10.3 Å². The Bertz CT molecular complexity index is 1330. The van der Waals surface area contributed by atoms with Crippen molar-refractivity contribution in [3.63, 3.8) is 0 Å². The molecule has 6 atom stereocenters. The minimum absolute atomic E-state index is 0.171. The molecule has 0 bridgehead atoms. The lowest BCUT2D eigenvalue weighted by atomic mass is 9.74. The van der Waals surface area contributed by atoms with Crippen molar-refractivity contribution in [1.29, 1.82) is 0 Å². The van der Waals surface area contributed by atoms with Gasteiger partial charge in [0.1, 0.15) is 0 Å². The Balaban J connectivity index is 1.18. The third-order valence-electron chi connectivity index (χ3n) is 9.85. The number of imidazole rings is 2. The molecule has 7 heteroatoms. The van der Waals surface area contributed by atoms with Gasteiger partial charge >= 0.3 is 0 Å². The van der Waals surface area contributed by atoms with Crippen LogP contribution >= 0.6 is 23.1 Å². The van der Waals surface area contributed by atoms with E-state index in [9.17, 15) is 0 Å². The molecule has 0 radical (unpaired) electrons. The van der Waals surface area contributed by atoms with E-state index in [1.807, 2.05) is 23.1 Å². The van der Waals surface area contributed by atoms with Gasteiger partial charge in [-0.05, 0) is 62.2 Å². The van der Waals surface area contributed by atoms with E-state index in [-0.39, 0.29) is 10.3 Å². The normalized spacial score (nSPS) is 37.5. The topological polar surface area (TPSA) is 44.9 Å². The van der Waals surface area contributed by atoms with E-state index in [0.717, 1.165) is 25.4 Å². The minimum atomic E-state index is -0.279. The number of hydrogen-bond donors (Lipinski definition) is 0. The van der Waals surface area contributed by atoms with Crippen LogP contribution in [0, 0.1) is 11.8 Å². The Labute approximate surface area is 215 Å². The molecule has 0 spiro atoms. The maximum atomic E-state index is 6.72. The third kappa shape index (κ3) is 2.75. The smallest absolute Gasteiger partial charge is 0.0957 e. The number of allylic oxidation sites excluding steroid dienone is 1. The summed E-state index contributed by atoms with van der Waals surface area (Å²) >= 11 is 3.99. The number of fused-ring (bicyclic) bond motifs is 6. The highest BCUT2D eigenvalue weighted by Crippen LogP contribution is 2.63. The van der Waals surface area contributed by atoms with E-state index >= 15 is 0 Å². The summed E-state index contributed by atoms with van der Waals surface area (Å²) in [6, 6.07) is 0.910. The Morgan fingerprint density at radius 1 is 1.03 bits per heavy atom. The van der Waals surface area contributed by atoms with Crippen molar-refractivity contribution in [3.8, 4) is 11.3 Å².